The lowest BCUT2D eigenvalue weighted by molar-refractivity contribution is 0.0930. The van der Waals surface area contributed by atoms with Crippen molar-refractivity contribution in [2.24, 2.45) is 11.7 Å². The van der Waals surface area contributed by atoms with E-state index in [-0.39, 0.29) is 0 Å². The normalized spacial score (nSPS) is 43.7. The van der Waals surface area contributed by atoms with Crippen LogP contribution < -0.4 is 5.73 Å². The number of rotatable bonds is 1. The highest BCUT2D eigenvalue weighted by Gasteiger charge is 2.36. The second-order valence-electron chi connectivity index (χ2n) is 3.20. The molecule has 52 valence electrons. The monoisotopic (exact) mass is 127 g/mol. The van der Waals surface area contributed by atoms with Gasteiger partial charge in [0, 0.05) is 6.04 Å². The van der Waals surface area contributed by atoms with Gasteiger partial charge in [-0.1, -0.05) is 0 Å². The lowest BCUT2D eigenvalue weighted by Crippen LogP contribution is -2.19. The van der Waals surface area contributed by atoms with Gasteiger partial charge in [0.1, 0.15) is 0 Å². The van der Waals surface area contributed by atoms with Gasteiger partial charge in [-0.2, -0.15) is 0 Å². The predicted molar refractivity (Wildman–Crippen MR) is 35.1 cm³/mol. The molecule has 1 saturated carbocycles. The van der Waals surface area contributed by atoms with Crippen LogP contribution in [0.1, 0.15) is 19.3 Å². The van der Waals surface area contributed by atoms with Crippen LogP contribution in [-0.4, -0.2) is 18.8 Å². The van der Waals surface area contributed by atoms with E-state index in [0.717, 1.165) is 18.9 Å². The van der Waals surface area contributed by atoms with E-state index in [1.807, 2.05) is 0 Å². The molecule has 0 aromatic heterocycles. The Labute approximate surface area is 55.4 Å². The van der Waals surface area contributed by atoms with Crippen LogP contribution in [0, 0.1) is 5.92 Å². The summed E-state index contributed by atoms with van der Waals surface area (Å²) in [5.74, 6) is 0.874. The molecule has 1 saturated heterocycles. The maximum atomic E-state index is 5.67. The molecule has 2 heteroatoms. The SMILES string of the molecule is N[C@H]1CO[C@@H](C2CC2)C1. The van der Waals surface area contributed by atoms with Crippen LogP contribution in [0.15, 0.2) is 0 Å². The maximum absolute atomic E-state index is 5.67. The van der Waals surface area contributed by atoms with Crippen LogP contribution in [0.5, 0.6) is 0 Å². The van der Waals surface area contributed by atoms with Crippen LogP contribution in [0.25, 0.3) is 0 Å². The molecule has 2 rings (SSSR count). The zero-order valence-corrected chi connectivity index (χ0v) is 5.55. The smallest absolute Gasteiger partial charge is 0.0622 e. The van der Waals surface area contributed by atoms with Crippen molar-refractivity contribution < 1.29 is 4.74 Å². The standard InChI is InChI=1S/C7H13NO/c8-6-3-7(9-4-6)5-1-2-5/h5-7H,1-4,8H2/t6-,7-/m1/s1. The molecule has 1 aliphatic carbocycles. The average molecular weight is 127 g/mol. The van der Waals surface area contributed by atoms with Gasteiger partial charge in [0.05, 0.1) is 12.7 Å². The van der Waals surface area contributed by atoms with Gasteiger partial charge < -0.3 is 10.5 Å². The molecule has 0 bridgehead atoms. The van der Waals surface area contributed by atoms with Crippen LogP contribution in [0.3, 0.4) is 0 Å². The molecule has 2 atom stereocenters. The van der Waals surface area contributed by atoms with Crippen molar-refractivity contribution >= 4 is 0 Å². The van der Waals surface area contributed by atoms with Gasteiger partial charge in [-0.05, 0) is 25.2 Å². The second-order valence-corrected chi connectivity index (χ2v) is 3.20. The van der Waals surface area contributed by atoms with Crippen molar-refractivity contribution in [3.05, 3.63) is 0 Å². The van der Waals surface area contributed by atoms with Gasteiger partial charge >= 0.3 is 0 Å². The zero-order chi connectivity index (χ0) is 6.27. The fraction of sp³-hybridized carbons (Fsp3) is 1.00. The maximum Gasteiger partial charge on any atom is 0.0622 e. The molecule has 2 nitrogen and oxygen atoms in total. The molecular weight excluding hydrogens is 114 g/mol. The lowest BCUT2D eigenvalue weighted by atomic mass is 10.1. The Kier molecular flexibility index (Phi) is 1.24. The highest BCUT2D eigenvalue weighted by atomic mass is 16.5. The van der Waals surface area contributed by atoms with Gasteiger partial charge in [0.2, 0.25) is 0 Å². The third-order valence-electron chi connectivity index (χ3n) is 2.21. The molecule has 2 N–H and O–H groups in total. The summed E-state index contributed by atoms with van der Waals surface area (Å²) in [6, 6.07) is 0.329. The Balaban J connectivity index is 1.86. The number of hydrogen-bond acceptors (Lipinski definition) is 2. The summed E-state index contributed by atoms with van der Waals surface area (Å²) in [5, 5.41) is 0. The fourth-order valence-electron chi connectivity index (χ4n) is 1.48. The van der Waals surface area contributed by atoms with E-state index >= 15 is 0 Å². The van der Waals surface area contributed by atoms with Gasteiger partial charge in [0.25, 0.3) is 0 Å². The van der Waals surface area contributed by atoms with Crippen molar-refractivity contribution in [1.82, 2.24) is 0 Å². The Hall–Kier alpha value is -0.0800. The van der Waals surface area contributed by atoms with Crippen molar-refractivity contribution in [3.63, 3.8) is 0 Å². The van der Waals surface area contributed by atoms with E-state index in [0.29, 0.717) is 12.1 Å². The third kappa shape index (κ3) is 1.10. The van der Waals surface area contributed by atoms with Crippen LogP contribution in [0.2, 0.25) is 0 Å². The summed E-state index contributed by atoms with van der Waals surface area (Å²) in [6.07, 6.45) is 4.37. The van der Waals surface area contributed by atoms with E-state index in [2.05, 4.69) is 0 Å². The summed E-state index contributed by atoms with van der Waals surface area (Å²) in [6.45, 7) is 0.793. The van der Waals surface area contributed by atoms with E-state index in [1.165, 1.54) is 12.8 Å². The molecule has 1 aliphatic heterocycles. The van der Waals surface area contributed by atoms with Crippen molar-refractivity contribution in [1.29, 1.82) is 0 Å². The van der Waals surface area contributed by atoms with Crippen molar-refractivity contribution in [3.8, 4) is 0 Å². The molecule has 0 amide bonds. The van der Waals surface area contributed by atoms with E-state index in [4.69, 9.17) is 10.5 Å². The Morgan fingerprint density at radius 3 is 2.56 bits per heavy atom. The van der Waals surface area contributed by atoms with Crippen molar-refractivity contribution in [2.45, 2.75) is 31.4 Å². The first kappa shape index (κ1) is 5.69. The topological polar surface area (TPSA) is 35.2 Å². The van der Waals surface area contributed by atoms with Gasteiger partial charge in [-0.15, -0.1) is 0 Å². The third-order valence-corrected chi connectivity index (χ3v) is 2.21. The first-order valence-corrected chi connectivity index (χ1v) is 3.73. The zero-order valence-electron chi connectivity index (χ0n) is 5.55. The lowest BCUT2D eigenvalue weighted by Gasteiger charge is -2.04. The Morgan fingerprint density at radius 1 is 1.33 bits per heavy atom. The summed E-state index contributed by atoms with van der Waals surface area (Å²) >= 11 is 0. The first-order chi connectivity index (χ1) is 4.36. The number of ether oxygens (including phenoxy) is 1. The molecule has 2 aliphatic rings. The fourth-order valence-corrected chi connectivity index (χ4v) is 1.48. The van der Waals surface area contributed by atoms with Gasteiger partial charge in [-0.25, -0.2) is 0 Å². The largest absolute Gasteiger partial charge is 0.376 e. The highest BCUT2D eigenvalue weighted by Crippen LogP contribution is 2.38. The minimum Gasteiger partial charge on any atom is -0.376 e. The average Bonchev–Trinajstić information content (AvgIpc) is 2.58. The molecule has 2 fully saturated rings. The summed E-state index contributed by atoms with van der Waals surface area (Å²) in [7, 11) is 0. The quantitative estimate of drug-likeness (QED) is 0.557. The van der Waals surface area contributed by atoms with E-state index < -0.39 is 0 Å². The molecule has 0 spiro atoms. The van der Waals surface area contributed by atoms with Gasteiger partial charge in [-0.3, -0.25) is 0 Å². The van der Waals surface area contributed by atoms with Gasteiger partial charge in [0.15, 0.2) is 0 Å². The Bertz CT molecular complexity index is 111. The highest BCUT2D eigenvalue weighted by molar-refractivity contribution is 4.88. The minimum atomic E-state index is 0.329. The van der Waals surface area contributed by atoms with Crippen LogP contribution in [0.4, 0.5) is 0 Å². The molecule has 0 unspecified atom stereocenters. The summed E-state index contributed by atoms with van der Waals surface area (Å²) in [4.78, 5) is 0. The van der Waals surface area contributed by atoms with E-state index in [1.54, 1.807) is 0 Å². The summed E-state index contributed by atoms with van der Waals surface area (Å²) < 4.78 is 5.46. The molecule has 0 aromatic carbocycles. The van der Waals surface area contributed by atoms with Crippen LogP contribution >= 0.6 is 0 Å². The number of hydrogen-bond donors (Lipinski definition) is 1. The first-order valence-electron chi connectivity index (χ1n) is 3.73. The molecular formula is C7H13NO. The Morgan fingerprint density at radius 2 is 2.11 bits per heavy atom. The predicted octanol–water partition coefficient (Wildman–Crippen LogP) is 0.513. The van der Waals surface area contributed by atoms with Crippen molar-refractivity contribution in [2.75, 3.05) is 6.61 Å². The summed E-state index contributed by atoms with van der Waals surface area (Å²) in [5.41, 5.74) is 5.67. The molecule has 0 radical (unpaired) electrons. The molecule has 1 heterocycles. The number of nitrogens with two attached hydrogens (primary N) is 1. The van der Waals surface area contributed by atoms with Crippen LogP contribution in [-0.2, 0) is 4.74 Å². The van der Waals surface area contributed by atoms with E-state index in [9.17, 15) is 0 Å². The minimum absolute atomic E-state index is 0.329. The molecule has 0 aromatic rings. The second kappa shape index (κ2) is 1.96. The molecule has 9 heavy (non-hydrogen) atoms.